The molecule has 0 saturated heterocycles. The Morgan fingerprint density at radius 3 is 2.08 bits per heavy atom. The summed E-state index contributed by atoms with van der Waals surface area (Å²) in [6.07, 6.45) is 10.1. The van der Waals surface area contributed by atoms with Crippen molar-refractivity contribution in [3.63, 3.8) is 0 Å². The van der Waals surface area contributed by atoms with Crippen LogP contribution >= 0.6 is 0 Å². The van der Waals surface area contributed by atoms with Gasteiger partial charge >= 0.3 is 0 Å². The normalized spacial score (nSPS) is 10.4. The van der Waals surface area contributed by atoms with E-state index in [1.807, 2.05) is 58.1 Å². The smallest absolute Gasteiger partial charge is 0.126 e. The number of halogens is 1. The van der Waals surface area contributed by atoms with Gasteiger partial charge in [-0.3, -0.25) is 0 Å². The van der Waals surface area contributed by atoms with E-state index >= 15 is 0 Å². The number of nitrogens with one attached hydrogen (secondary N) is 1. The fourth-order valence-corrected chi connectivity index (χ4v) is 4.25. The van der Waals surface area contributed by atoms with Crippen molar-refractivity contribution in [1.82, 2.24) is 4.98 Å². The maximum atomic E-state index is 12.8. The number of aromatic amines is 1. The van der Waals surface area contributed by atoms with E-state index < -0.39 is 0 Å². The van der Waals surface area contributed by atoms with Gasteiger partial charge in [0.2, 0.25) is 0 Å². The highest BCUT2D eigenvalue weighted by molar-refractivity contribution is 5.97. The second-order valence-corrected chi connectivity index (χ2v) is 9.86. The van der Waals surface area contributed by atoms with Gasteiger partial charge in [0.05, 0.1) is 0 Å². The number of aryl methyl sites for hydroxylation is 4. The van der Waals surface area contributed by atoms with Crippen molar-refractivity contribution in [2.24, 2.45) is 0 Å². The largest absolute Gasteiger partial charge is 0.361 e. The van der Waals surface area contributed by atoms with Crippen LogP contribution in [-0.4, -0.2) is 4.98 Å². The van der Waals surface area contributed by atoms with Crippen LogP contribution in [0.2, 0.25) is 0 Å². The highest BCUT2D eigenvalue weighted by Gasteiger charge is 2.08. The highest BCUT2D eigenvalue weighted by Crippen LogP contribution is 2.31. The van der Waals surface area contributed by atoms with Crippen LogP contribution in [0.3, 0.4) is 0 Å². The van der Waals surface area contributed by atoms with Crippen molar-refractivity contribution in [1.29, 1.82) is 0 Å². The topological polar surface area (TPSA) is 15.8 Å². The molecule has 3 aromatic carbocycles. The number of rotatable bonds is 6. The van der Waals surface area contributed by atoms with E-state index in [9.17, 15) is 4.39 Å². The van der Waals surface area contributed by atoms with Crippen molar-refractivity contribution >= 4 is 10.9 Å². The molecule has 1 aromatic heterocycles. The molecule has 0 spiro atoms. The summed E-state index contributed by atoms with van der Waals surface area (Å²) >= 11 is 0. The summed E-state index contributed by atoms with van der Waals surface area (Å²) in [6, 6.07) is 20.6. The van der Waals surface area contributed by atoms with E-state index in [4.69, 9.17) is 0 Å². The van der Waals surface area contributed by atoms with Gasteiger partial charge in [0.1, 0.15) is 5.82 Å². The molecule has 4 rings (SSSR count). The Labute approximate surface area is 235 Å². The SMILES string of the molecule is C=C(C)C(=C/C=C\C)C(=C)C.CCc1ccc(C)c(F)c1.CCc1cccc(-c2c[nH]c3cccc(C)c23)c1. The fraction of sp³-hybridized carbons (Fsp3) is 0.243. The van der Waals surface area contributed by atoms with E-state index in [-0.39, 0.29) is 5.82 Å². The van der Waals surface area contributed by atoms with Crippen LogP contribution in [0.1, 0.15) is 56.9 Å². The van der Waals surface area contributed by atoms with Crippen molar-refractivity contribution in [2.75, 3.05) is 0 Å². The summed E-state index contributed by atoms with van der Waals surface area (Å²) in [4.78, 5) is 3.36. The Hall–Kier alpha value is -3.91. The summed E-state index contributed by atoms with van der Waals surface area (Å²) in [6.45, 7) is 21.9. The molecule has 1 heterocycles. The van der Waals surface area contributed by atoms with E-state index in [2.05, 4.69) is 80.7 Å². The molecule has 204 valence electrons. The number of hydrogen-bond donors (Lipinski definition) is 1. The number of benzene rings is 3. The average molecular weight is 522 g/mol. The van der Waals surface area contributed by atoms with Gasteiger partial charge in [0.15, 0.2) is 0 Å². The Kier molecular flexibility index (Phi) is 12.4. The molecule has 0 amide bonds. The zero-order valence-electron chi connectivity index (χ0n) is 24.8. The lowest BCUT2D eigenvalue weighted by atomic mass is 9.99. The van der Waals surface area contributed by atoms with Crippen molar-refractivity contribution in [3.05, 3.63) is 143 Å². The van der Waals surface area contributed by atoms with Crippen molar-refractivity contribution in [2.45, 2.75) is 61.3 Å². The molecule has 1 N–H and O–H groups in total. The fourth-order valence-electron chi connectivity index (χ4n) is 4.25. The average Bonchev–Trinajstić information content (AvgIpc) is 3.36. The van der Waals surface area contributed by atoms with Crippen LogP contribution in [0.15, 0.2) is 115 Å². The number of fused-ring (bicyclic) bond motifs is 1. The number of hydrogen-bond acceptors (Lipinski definition) is 0. The zero-order valence-corrected chi connectivity index (χ0v) is 24.8. The Balaban J connectivity index is 0.000000221. The maximum Gasteiger partial charge on any atom is 0.126 e. The summed E-state index contributed by atoms with van der Waals surface area (Å²) in [5.41, 5.74) is 11.6. The molecule has 39 heavy (non-hydrogen) atoms. The summed E-state index contributed by atoms with van der Waals surface area (Å²) in [7, 11) is 0. The molecule has 4 aromatic rings. The first-order valence-corrected chi connectivity index (χ1v) is 13.7. The molecule has 1 nitrogen and oxygen atoms in total. The summed E-state index contributed by atoms with van der Waals surface area (Å²) < 4.78 is 12.8. The second-order valence-electron chi connectivity index (χ2n) is 9.86. The first kappa shape index (κ1) is 31.3. The van der Waals surface area contributed by atoms with Gasteiger partial charge in [-0.15, -0.1) is 0 Å². The maximum absolute atomic E-state index is 12.8. The Bertz CT molecular complexity index is 1450. The highest BCUT2D eigenvalue weighted by atomic mass is 19.1. The lowest BCUT2D eigenvalue weighted by Crippen LogP contribution is -1.85. The van der Waals surface area contributed by atoms with Crippen LogP contribution in [0.4, 0.5) is 4.39 Å². The molecule has 0 saturated carbocycles. The second kappa shape index (κ2) is 15.5. The first-order chi connectivity index (χ1) is 18.6. The number of allylic oxidation sites excluding steroid dienone is 6. The van der Waals surface area contributed by atoms with Gasteiger partial charge in [-0.2, -0.15) is 0 Å². The lowest BCUT2D eigenvalue weighted by Gasteiger charge is -2.04. The minimum absolute atomic E-state index is 0.0978. The minimum atomic E-state index is -0.0978. The molecular weight excluding hydrogens is 477 g/mol. The number of aromatic nitrogens is 1. The van der Waals surface area contributed by atoms with Crippen LogP contribution < -0.4 is 0 Å². The summed E-state index contributed by atoms with van der Waals surface area (Å²) in [5.74, 6) is -0.0978. The van der Waals surface area contributed by atoms with Crippen molar-refractivity contribution < 1.29 is 4.39 Å². The molecule has 0 bridgehead atoms. The van der Waals surface area contributed by atoms with E-state index in [1.165, 1.54) is 33.2 Å². The standard InChI is InChI=1S/C17H17N.C11H16.C9H11F/c1-3-13-7-5-8-14(10-13)15-11-18-16-9-4-6-12(2)17(15)16;1-6-7-8-11(9(2)3)10(4)5;1-3-8-5-4-7(2)9(10)6-8/h4-11,18H,3H2,1-2H3;6-8H,2,4H2,1,3,5H3;4-6H,3H2,1-2H3/b;7-6-;. The van der Waals surface area contributed by atoms with Crippen LogP contribution in [0.5, 0.6) is 0 Å². The van der Waals surface area contributed by atoms with Gasteiger partial charge < -0.3 is 4.98 Å². The van der Waals surface area contributed by atoms with E-state index in [0.717, 1.165) is 40.7 Å². The molecule has 0 radical (unpaired) electrons. The number of H-pyrrole nitrogens is 1. The van der Waals surface area contributed by atoms with Crippen LogP contribution in [0, 0.1) is 19.7 Å². The third-order valence-corrected chi connectivity index (χ3v) is 6.58. The zero-order chi connectivity index (χ0) is 28.9. The summed E-state index contributed by atoms with van der Waals surface area (Å²) in [5, 5.41) is 1.34. The van der Waals surface area contributed by atoms with Crippen LogP contribution in [0.25, 0.3) is 22.0 Å². The van der Waals surface area contributed by atoms with Crippen LogP contribution in [-0.2, 0) is 12.8 Å². The van der Waals surface area contributed by atoms with E-state index in [0.29, 0.717) is 0 Å². The monoisotopic (exact) mass is 521 g/mol. The third kappa shape index (κ3) is 9.11. The van der Waals surface area contributed by atoms with E-state index in [1.54, 1.807) is 13.0 Å². The Morgan fingerprint density at radius 1 is 0.846 bits per heavy atom. The first-order valence-electron chi connectivity index (χ1n) is 13.7. The molecule has 2 heteroatoms. The lowest BCUT2D eigenvalue weighted by molar-refractivity contribution is 0.616. The molecule has 0 aliphatic carbocycles. The van der Waals surface area contributed by atoms with Gasteiger partial charge in [-0.1, -0.05) is 105 Å². The molecular formula is C37H44FN. The van der Waals surface area contributed by atoms with Gasteiger partial charge in [0.25, 0.3) is 0 Å². The predicted octanol–water partition coefficient (Wildman–Crippen LogP) is 11.0. The molecule has 0 fully saturated rings. The molecule has 0 aliphatic rings. The molecule has 0 unspecified atom stereocenters. The van der Waals surface area contributed by atoms with Gasteiger partial charge in [0, 0.05) is 22.7 Å². The molecule has 0 atom stereocenters. The third-order valence-electron chi connectivity index (χ3n) is 6.58. The van der Waals surface area contributed by atoms with Gasteiger partial charge in [-0.25, -0.2) is 4.39 Å². The minimum Gasteiger partial charge on any atom is -0.361 e. The Morgan fingerprint density at radius 2 is 1.49 bits per heavy atom. The molecule has 0 aliphatic heterocycles. The van der Waals surface area contributed by atoms with Crippen molar-refractivity contribution in [3.8, 4) is 11.1 Å². The predicted molar refractivity (Wildman–Crippen MR) is 171 cm³/mol. The quantitative estimate of drug-likeness (QED) is 0.243. The van der Waals surface area contributed by atoms with Gasteiger partial charge in [-0.05, 0) is 93.0 Å².